The van der Waals surface area contributed by atoms with Crippen LogP contribution in [-0.2, 0) is 20.7 Å². The molecule has 1 aliphatic carbocycles. The number of benzene rings is 2. The van der Waals surface area contributed by atoms with Crippen molar-refractivity contribution in [3.05, 3.63) is 106 Å². The molecule has 2 aromatic carbocycles. The summed E-state index contributed by atoms with van der Waals surface area (Å²) in [5, 5.41) is 3.39. The fraction of sp³-hybridized carbons (Fsp3) is 0.312. The third kappa shape index (κ3) is 5.35. The van der Waals surface area contributed by atoms with Gasteiger partial charge in [0.05, 0.1) is 32.3 Å². The highest BCUT2D eigenvalue weighted by molar-refractivity contribution is 6.04. The Kier molecular flexibility index (Phi) is 7.59. The lowest BCUT2D eigenvalue weighted by atomic mass is 9.73. The van der Waals surface area contributed by atoms with Crippen LogP contribution in [0.3, 0.4) is 0 Å². The number of esters is 1. The van der Waals surface area contributed by atoms with Crippen molar-refractivity contribution < 1.29 is 28.2 Å². The second-order valence-corrected chi connectivity index (χ2v) is 9.95. The number of methoxy groups -OCH3 is 2. The van der Waals surface area contributed by atoms with Crippen molar-refractivity contribution in [1.29, 1.82) is 0 Å². The standard InChI is InChI=1S/C32H33NO6/c1-19-10-12-27(39-19)31-29(32(35)38-15-14-21-8-6-5-7-9-21)20(2)33-24-16-23(17-25(34)30(24)31)22-11-13-26(36-3)28(18-22)37-4/h5-13,18,23,31,33H,14-17H2,1-4H3/t23-,31+/m0/s1. The third-order valence-corrected chi connectivity index (χ3v) is 7.44. The Morgan fingerprint density at radius 3 is 2.44 bits per heavy atom. The zero-order valence-electron chi connectivity index (χ0n) is 22.7. The maximum atomic E-state index is 13.8. The van der Waals surface area contributed by atoms with Crippen LogP contribution in [-0.4, -0.2) is 32.6 Å². The van der Waals surface area contributed by atoms with Gasteiger partial charge in [-0.05, 0) is 61.6 Å². The Morgan fingerprint density at radius 1 is 0.974 bits per heavy atom. The molecule has 0 saturated carbocycles. The van der Waals surface area contributed by atoms with Gasteiger partial charge >= 0.3 is 5.97 Å². The maximum Gasteiger partial charge on any atom is 0.336 e. The minimum atomic E-state index is -0.627. The number of carbonyl (C=O) groups excluding carboxylic acids is 2. The molecule has 0 amide bonds. The van der Waals surface area contributed by atoms with E-state index in [1.165, 1.54) is 0 Å². The van der Waals surface area contributed by atoms with Crippen molar-refractivity contribution in [1.82, 2.24) is 5.32 Å². The van der Waals surface area contributed by atoms with Crippen LogP contribution in [0.4, 0.5) is 0 Å². The SMILES string of the molecule is COc1ccc([C@@H]2CC(=O)C3=C(C2)NC(C)=C(C(=O)OCCc2ccccc2)[C@H]3c2ccc(C)o2)cc1OC. The first kappa shape index (κ1) is 26.4. The summed E-state index contributed by atoms with van der Waals surface area (Å²) in [5.74, 6) is 1.40. The van der Waals surface area contributed by atoms with E-state index in [0.29, 0.717) is 59.1 Å². The summed E-state index contributed by atoms with van der Waals surface area (Å²) in [5.41, 5.74) is 4.54. The number of ether oxygens (including phenoxy) is 3. The quantitative estimate of drug-likeness (QED) is 0.373. The van der Waals surface area contributed by atoms with E-state index >= 15 is 0 Å². The fourth-order valence-electron chi connectivity index (χ4n) is 5.53. The highest BCUT2D eigenvalue weighted by Crippen LogP contribution is 2.46. The van der Waals surface area contributed by atoms with Gasteiger partial charge in [-0.2, -0.15) is 0 Å². The second kappa shape index (κ2) is 11.2. The van der Waals surface area contributed by atoms with Gasteiger partial charge in [-0.3, -0.25) is 4.79 Å². The summed E-state index contributed by atoms with van der Waals surface area (Å²) in [6.45, 7) is 3.94. The van der Waals surface area contributed by atoms with Crippen molar-refractivity contribution in [2.45, 2.75) is 44.9 Å². The van der Waals surface area contributed by atoms with E-state index in [1.807, 2.05) is 74.5 Å². The first-order chi connectivity index (χ1) is 18.9. The molecular weight excluding hydrogens is 494 g/mol. The number of Topliss-reactive ketones (excluding diaryl/α,β-unsaturated/α-hetero) is 1. The molecule has 2 aliphatic rings. The number of ketones is 1. The molecule has 0 unspecified atom stereocenters. The van der Waals surface area contributed by atoms with Crippen LogP contribution < -0.4 is 14.8 Å². The van der Waals surface area contributed by atoms with Gasteiger partial charge in [-0.1, -0.05) is 36.4 Å². The number of dihydropyridines is 1. The monoisotopic (exact) mass is 527 g/mol. The van der Waals surface area contributed by atoms with Crippen LogP contribution in [0.25, 0.3) is 0 Å². The maximum absolute atomic E-state index is 13.8. The van der Waals surface area contributed by atoms with Gasteiger partial charge in [0, 0.05) is 29.8 Å². The molecule has 0 spiro atoms. The van der Waals surface area contributed by atoms with Crippen LogP contribution in [0, 0.1) is 6.92 Å². The zero-order chi connectivity index (χ0) is 27.5. The van der Waals surface area contributed by atoms with Gasteiger partial charge in [0.2, 0.25) is 0 Å². The largest absolute Gasteiger partial charge is 0.493 e. The molecule has 1 N–H and O–H groups in total. The molecule has 5 rings (SSSR count). The summed E-state index contributed by atoms with van der Waals surface area (Å²) in [4.78, 5) is 27.2. The number of hydrogen-bond acceptors (Lipinski definition) is 7. The average Bonchev–Trinajstić information content (AvgIpc) is 3.38. The molecule has 39 heavy (non-hydrogen) atoms. The Bertz CT molecular complexity index is 1450. The Hall–Kier alpha value is -4.26. The van der Waals surface area contributed by atoms with Crippen molar-refractivity contribution in [2.75, 3.05) is 20.8 Å². The van der Waals surface area contributed by atoms with E-state index in [1.54, 1.807) is 14.2 Å². The topological polar surface area (TPSA) is 87.0 Å². The number of rotatable bonds is 8. The lowest BCUT2D eigenvalue weighted by Crippen LogP contribution is -2.36. The van der Waals surface area contributed by atoms with E-state index in [0.717, 1.165) is 16.8 Å². The number of aryl methyl sites for hydroxylation is 1. The molecule has 202 valence electrons. The third-order valence-electron chi connectivity index (χ3n) is 7.44. The molecular formula is C32H33NO6. The predicted molar refractivity (Wildman–Crippen MR) is 147 cm³/mol. The van der Waals surface area contributed by atoms with E-state index in [4.69, 9.17) is 18.6 Å². The van der Waals surface area contributed by atoms with E-state index < -0.39 is 11.9 Å². The summed E-state index contributed by atoms with van der Waals surface area (Å²) < 4.78 is 22.6. The van der Waals surface area contributed by atoms with Crippen molar-refractivity contribution in [2.24, 2.45) is 0 Å². The highest BCUT2D eigenvalue weighted by Gasteiger charge is 2.43. The summed E-state index contributed by atoms with van der Waals surface area (Å²) in [6.07, 6.45) is 1.53. The number of nitrogens with one attached hydrogen (secondary N) is 1. The zero-order valence-corrected chi connectivity index (χ0v) is 22.7. The normalized spacial score (nSPS) is 18.9. The minimum absolute atomic E-state index is 0.0235. The van der Waals surface area contributed by atoms with Crippen LogP contribution in [0.5, 0.6) is 11.5 Å². The molecule has 2 atom stereocenters. The second-order valence-electron chi connectivity index (χ2n) is 9.95. The number of carbonyl (C=O) groups is 2. The smallest absolute Gasteiger partial charge is 0.336 e. The number of allylic oxidation sites excluding steroid dienone is 3. The van der Waals surface area contributed by atoms with Crippen LogP contribution in [0.2, 0.25) is 0 Å². The molecule has 1 aliphatic heterocycles. The molecule has 0 fully saturated rings. The van der Waals surface area contributed by atoms with Gasteiger partial charge in [-0.25, -0.2) is 4.79 Å². The van der Waals surface area contributed by atoms with Crippen LogP contribution in [0.15, 0.2) is 87.6 Å². The van der Waals surface area contributed by atoms with Crippen LogP contribution in [0.1, 0.15) is 54.2 Å². The van der Waals surface area contributed by atoms with Gasteiger partial charge in [-0.15, -0.1) is 0 Å². The minimum Gasteiger partial charge on any atom is -0.493 e. The molecule has 2 heterocycles. The van der Waals surface area contributed by atoms with E-state index in [9.17, 15) is 9.59 Å². The van der Waals surface area contributed by atoms with Gasteiger partial charge < -0.3 is 23.9 Å². The lowest BCUT2D eigenvalue weighted by molar-refractivity contribution is -0.139. The summed E-state index contributed by atoms with van der Waals surface area (Å²) in [7, 11) is 3.20. The Labute approximate surface area is 228 Å². The highest BCUT2D eigenvalue weighted by atomic mass is 16.5. The van der Waals surface area contributed by atoms with Gasteiger partial charge in [0.25, 0.3) is 0 Å². The van der Waals surface area contributed by atoms with Crippen LogP contribution >= 0.6 is 0 Å². The summed E-state index contributed by atoms with van der Waals surface area (Å²) in [6, 6.07) is 19.3. The molecule has 3 aromatic rings. The van der Waals surface area contributed by atoms with Gasteiger partial charge in [0.15, 0.2) is 17.3 Å². The Morgan fingerprint density at radius 2 is 1.74 bits per heavy atom. The van der Waals surface area contributed by atoms with Crippen molar-refractivity contribution in [3.63, 3.8) is 0 Å². The molecule has 7 heteroatoms. The molecule has 1 aromatic heterocycles. The fourth-order valence-corrected chi connectivity index (χ4v) is 5.53. The summed E-state index contributed by atoms with van der Waals surface area (Å²) >= 11 is 0. The average molecular weight is 528 g/mol. The lowest BCUT2D eigenvalue weighted by Gasteiger charge is -2.35. The van der Waals surface area contributed by atoms with Gasteiger partial charge in [0.1, 0.15) is 11.5 Å². The number of furan rings is 1. The molecule has 0 bridgehead atoms. The number of hydrogen-bond donors (Lipinski definition) is 1. The first-order valence-electron chi connectivity index (χ1n) is 13.1. The Balaban J connectivity index is 1.44. The van der Waals surface area contributed by atoms with E-state index in [2.05, 4.69) is 5.32 Å². The first-order valence-corrected chi connectivity index (χ1v) is 13.1. The molecule has 0 saturated heterocycles. The molecule has 0 radical (unpaired) electrons. The van der Waals surface area contributed by atoms with E-state index in [-0.39, 0.29) is 18.3 Å². The molecule has 7 nitrogen and oxygen atoms in total. The van der Waals surface area contributed by atoms with Crippen molar-refractivity contribution in [3.8, 4) is 11.5 Å². The van der Waals surface area contributed by atoms with Crippen molar-refractivity contribution >= 4 is 11.8 Å². The predicted octanol–water partition coefficient (Wildman–Crippen LogP) is 5.75.